The van der Waals surface area contributed by atoms with Crippen LogP contribution in [0.25, 0.3) is 11.0 Å². The largest absolute Gasteiger partial charge is 0.451 e. The molecule has 0 spiro atoms. The van der Waals surface area contributed by atoms with Crippen LogP contribution in [-0.2, 0) is 0 Å². The van der Waals surface area contributed by atoms with Gasteiger partial charge in [-0.15, -0.1) is 11.3 Å². The Labute approximate surface area is 119 Å². The number of carbonyl (C=O) groups excluding carboxylic acids is 1. The Kier molecular flexibility index (Phi) is 3.35. The summed E-state index contributed by atoms with van der Waals surface area (Å²) in [4.78, 5) is 14.1. The maximum atomic E-state index is 11.9. The fraction of sp³-hybridized carbons (Fsp3) is 0.0667. The van der Waals surface area contributed by atoms with E-state index in [0.717, 1.165) is 10.3 Å². The molecule has 0 radical (unpaired) electrons. The lowest BCUT2D eigenvalue weighted by molar-refractivity contribution is 0.0929. The highest BCUT2D eigenvalue weighted by Gasteiger charge is 2.10. The first-order chi connectivity index (χ1) is 9.72. The molecule has 0 aliphatic heterocycles. The lowest BCUT2D eigenvalue weighted by atomic mass is 10.2. The van der Waals surface area contributed by atoms with Crippen molar-refractivity contribution in [3.05, 3.63) is 58.0 Å². The molecule has 0 aliphatic rings. The minimum atomic E-state index is -0.356. The number of thiophene rings is 1. The van der Waals surface area contributed by atoms with Crippen molar-refractivity contribution in [3.63, 3.8) is 0 Å². The molecule has 4 nitrogen and oxygen atoms in total. The zero-order chi connectivity index (χ0) is 13.9. The lowest BCUT2D eigenvalue weighted by Crippen LogP contribution is -2.16. The molecule has 0 saturated heterocycles. The van der Waals surface area contributed by atoms with Gasteiger partial charge in [-0.05, 0) is 31.2 Å². The fourth-order valence-electron chi connectivity index (χ4n) is 1.83. The van der Waals surface area contributed by atoms with Crippen LogP contribution in [0.1, 0.15) is 20.3 Å². The number of amides is 1. The number of fused-ring (bicyclic) bond motifs is 1. The second-order valence-electron chi connectivity index (χ2n) is 4.30. The summed E-state index contributed by atoms with van der Waals surface area (Å²) >= 11 is 1.61. The molecule has 100 valence electrons. The van der Waals surface area contributed by atoms with Crippen LogP contribution in [0.15, 0.2) is 52.0 Å². The van der Waals surface area contributed by atoms with Gasteiger partial charge in [0.05, 0.1) is 6.21 Å². The second kappa shape index (κ2) is 5.30. The lowest BCUT2D eigenvalue weighted by Gasteiger charge is -1.93. The topological polar surface area (TPSA) is 54.6 Å². The number of hydrazone groups is 1. The number of aryl methyl sites for hydroxylation is 1. The number of benzene rings is 1. The SMILES string of the molecule is Cc1ccc(/C=N/NC(=O)c2cc3ccccc3o2)s1. The molecule has 20 heavy (non-hydrogen) atoms. The number of para-hydroxylation sites is 1. The molecule has 0 bridgehead atoms. The van der Waals surface area contributed by atoms with Gasteiger partial charge in [-0.3, -0.25) is 4.79 Å². The number of hydrogen-bond acceptors (Lipinski definition) is 4. The summed E-state index contributed by atoms with van der Waals surface area (Å²) in [6, 6.07) is 13.2. The van der Waals surface area contributed by atoms with Crippen molar-refractivity contribution < 1.29 is 9.21 Å². The third-order valence-corrected chi connectivity index (χ3v) is 3.70. The highest BCUT2D eigenvalue weighted by atomic mass is 32.1. The minimum absolute atomic E-state index is 0.255. The number of rotatable bonds is 3. The predicted molar refractivity (Wildman–Crippen MR) is 80.3 cm³/mol. The van der Waals surface area contributed by atoms with Gasteiger partial charge in [-0.1, -0.05) is 18.2 Å². The van der Waals surface area contributed by atoms with Gasteiger partial charge in [0.2, 0.25) is 0 Å². The quantitative estimate of drug-likeness (QED) is 0.590. The zero-order valence-electron chi connectivity index (χ0n) is 10.8. The van der Waals surface area contributed by atoms with Crippen LogP contribution in [0.4, 0.5) is 0 Å². The Morgan fingerprint density at radius 2 is 2.15 bits per heavy atom. The van der Waals surface area contributed by atoms with Crippen LogP contribution in [0.3, 0.4) is 0 Å². The number of furan rings is 1. The van der Waals surface area contributed by atoms with E-state index in [2.05, 4.69) is 10.5 Å². The molecule has 1 aromatic carbocycles. The summed E-state index contributed by atoms with van der Waals surface area (Å²) in [6.45, 7) is 2.02. The molecule has 3 aromatic rings. The van der Waals surface area contributed by atoms with Crippen molar-refractivity contribution in [2.24, 2.45) is 5.10 Å². The van der Waals surface area contributed by atoms with E-state index >= 15 is 0 Å². The maximum Gasteiger partial charge on any atom is 0.307 e. The van der Waals surface area contributed by atoms with Crippen molar-refractivity contribution in [2.45, 2.75) is 6.92 Å². The molecule has 1 amide bonds. The van der Waals surface area contributed by atoms with E-state index in [1.807, 2.05) is 43.3 Å². The molecule has 5 heteroatoms. The Hall–Kier alpha value is -2.40. The van der Waals surface area contributed by atoms with E-state index in [9.17, 15) is 4.79 Å². The van der Waals surface area contributed by atoms with E-state index in [4.69, 9.17) is 4.42 Å². The molecule has 0 unspecified atom stereocenters. The van der Waals surface area contributed by atoms with Crippen molar-refractivity contribution >= 4 is 34.4 Å². The third-order valence-electron chi connectivity index (χ3n) is 2.77. The standard InChI is InChI=1S/C15H12N2O2S/c1-10-6-7-12(20-10)9-16-17-15(18)14-8-11-4-2-3-5-13(11)19-14/h2-9H,1H3,(H,17,18)/b16-9+. The molecule has 2 heterocycles. The average molecular weight is 284 g/mol. The highest BCUT2D eigenvalue weighted by molar-refractivity contribution is 7.13. The molecule has 3 rings (SSSR count). The van der Waals surface area contributed by atoms with Crippen LogP contribution in [0.5, 0.6) is 0 Å². The van der Waals surface area contributed by atoms with Gasteiger partial charge in [-0.25, -0.2) is 5.43 Å². The molecular formula is C15H12N2O2S. The van der Waals surface area contributed by atoms with Gasteiger partial charge >= 0.3 is 5.91 Å². The van der Waals surface area contributed by atoms with Crippen molar-refractivity contribution in [1.29, 1.82) is 0 Å². The van der Waals surface area contributed by atoms with E-state index in [0.29, 0.717) is 5.58 Å². The van der Waals surface area contributed by atoms with E-state index < -0.39 is 0 Å². The summed E-state index contributed by atoms with van der Waals surface area (Å²) in [6.07, 6.45) is 1.62. The summed E-state index contributed by atoms with van der Waals surface area (Å²) in [7, 11) is 0. The van der Waals surface area contributed by atoms with Crippen LogP contribution in [0.2, 0.25) is 0 Å². The Balaban J connectivity index is 1.71. The van der Waals surface area contributed by atoms with Crippen molar-refractivity contribution in [2.75, 3.05) is 0 Å². The van der Waals surface area contributed by atoms with Crippen LogP contribution in [0, 0.1) is 6.92 Å². The van der Waals surface area contributed by atoms with Crippen LogP contribution in [-0.4, -0.2) is 12.1 Å². The number of nitrogens with zero attached hydrogens (tertiary/aromatic N) is 1. The monoisotopic (exact) mass is 284 g/mol. The van der Waals surface area contributed by atoms with Gasteiger partial charge in [0.15, 0.2) is 5.76 Å². The average Bonchev–Trinajstić information content (AvgIpc) is 3.04. The van der Waals surface area contributed by atoms with Crippen LogP contribution < -0.4 is 5.43 Å². The van der Waals surface area contributed by atoms with Crippen molar-refractivity contribution in [3.8, 4) is 0 Å². The summed E-state index contributed by atoms with van der Waals surface area (Å²) in [5.41, 5.74) is 3.15. The minimum Gasteiger partial charge on any atom is -0.451 e. The van der Waals surface area contributed by atoms with Gasteiger partial charge in [0.1, 0.15) is 5.58 Å². The Morgan fingerprint density at radius 3 is 2.90 bits per heavy atom. The molecule has 0 aliphatic carbocycles. The van der Waals surface area contributed by atoms with Gasteiger partial charge < -0.3 is 4.42 Å². The first-order valence-electron chi connectivity index (χ1n) is 6.11. The number of carbonyl (C=O) groups is 1. The van der Waals surface area contributed by atoms with Gasteiger partial charge in [0.25, 0.3) is 0 Å². The molecular weight excluding hydrogens is 272 g/mol. The normalized spacial score (nSPS) is 11.2. The van der Waals surface area contributed by atoms with E-state index in [1.165, 1.54) is 4.88 Å². The second-order valence-corrected chi connectivity index (χ2v) is 5.62. The third kappa shape index (κ3) is 2.62. The summed E-state index contributed by atoms with van der Waals surface area (Å²) < 4.78 is 5.45. The fourth-order valence-corrected chi connectivity index (χ4v) is 2.58. The molecule has 0 saturated carbocycles. The number of nitrogens with one attached hydrogen (secondary N) is 1. The van der Waals surface area contributed by atoms with E-state index in [1.54, 1.807) is 23.6 Å². The molecule has 0 atom stereocenters. The highest BCUT2D eigenvalue weighted by Crippen LogP contribution is 2.18. The Bertz CT molecular complexity index is 753. The number of hydrogen-bond donors (Lipinski definition) is 1. The first-order valence-corrected chi connectivity index (χ1v) is 6.92. The summed E-state index contributed by atoms with van der Waals surface area (Å²) in [5, 5.41) is 4.83. The van der Waals surface area contributed by atoms with Gasteiger partial charge in [-0.2, -0.15) is 5.10 Å². The molecule has 2 aromatic heterocycles. The Morgan fingerprint density at radius 1 is 1.30 bits per heavy atom. The maximum absolute atomic E-state index is 11.9. The zero-order valence-corrected chi connectivity index (χ0v) is 11.6. The van der Waals surface area contributed by atoms with Gasteiger partial charge in [0, 0.05) is 15.1 Å². The predicted octanol–water partition coefficient (Wildman–Crippen LogP) is 3.57. The molecule has 0 fully saturated rings. The molecule has 1 N–H and O–H groups in total. The first kappa shape index (κ1) is 12.6. The van der Waals surface area contributed by atoms with Crippen LogP contribution >= 0.6 is 11.3 Å². The van der Waals surface area contributed by atoms with E-state index in [-0.39, 0.29) is 11.7 Å². The summed E-state index contributed by atoms with van der Waals surface area (Å²) in [5.74, 6) is -0.101. The smallest absolute Gasteiger partial charge is 0.307 e. The van der Waals surface area contributed by atoms with Crippen molar-refractivity contribution in [1.82, 2.24) is 5.43 Å².